The van der Waals surface area contributed by atoms with Gasteiger partial charge in [0.05, 0.1) is 18.9 Å². The molecule has 0 aliphatic carbocycles. The Hall–Kier alpha value is 0.150. The molecule has 0 rings (SSSR count). The van der Waals surface area contributed by atoms with Gasteiger partial charge >= 0.3 is 7.60 Å². The molecule has 23 heavy (non-hydrogen) atoms. The Kier molecular flexibility index (Phi) is 15.8. The van der Waals surface area contributed by atoms with Gasteiger partial charge in [-0.25, -0.2) is 0 Å². The fraction of sp³-hybridized carbons (Fsp3) is 1.00. The molecule has 0 amide bonds. The molecule has 0 aliphatic rings. The van der Waals surface area contributed by atoms with Crippen LogP contribution in [0.15, 0.2) is 0 Å². The van der Waals surface area contributed by atoms with Crippen LogP contribution in [0.1, 0.15) is 105 Å². The van der Waals surface area contributed by atoms with E-state index in [0.29, 0.717) is 13.2 Å². The van der Waals surface area contributed by atoms with Crippen molar-refractivity contribution in [3.05, 3.63) is 0 Å². The minimum Gasteiger partial charge on any atom is -0.308 e. The van der Waals surface area contributed by atoms with Gasteiger partial charge in [-0.05, 0) is 12.8 Å². The molecule has 0 bridgehead atoms. The summed E-state index contributed by atoms with van der Waals surface area (Å²) in [6, 6.07) is 0. The lowest BCUT2D eigenvalue weighted by Gasteiger charge is -2.22. The largest absolute Gasteiger partial charge is 0.333 e. The van der Waals surface area contributed by atoms with Crippen molar-refractivity contribution >= 4 is 7.60 Å². The number of hydrogen-bond acceptors (Lipinski definition) is 3. The number of rotatable bonds is 17. The van der Waals surface area contributed by atoms with E-state index >= 15 is 0 Å². The first kappa shape index (κ1) is 23.1. The van der Waals surface area contributed by atoms with Crippen LogP contribution in [0.4, 0.5) is 0 Å². The lowest BCUT2D eigenvalue weighted by molar-refractivity contribution is 0.192. The molecule has 0 unspecified atom stereocenters. The SMILES string of the molecule is CCCCCCCCOP(=O)(OCCCCCCCC)C(C)C. The van der Waals surface area contributed by atoms with E-state index in [9.17, 15) is 4.57 Å². The zero-order valence-electron chi connectivity index (χ0n) is 16.1. The normalized spacial score (nSPS) is 12.2. The first-order valence-electron chi connectivity index (χ1n) is 9.95. The van der Waals surface area contributed by atoms with E-state index in [0.717, 1.165) is 25.7 Å². The van der Waals surface area contributed by atoms with E-state index in [-0.39, 0.29) is 5.66 Å². The summed E-state index contributed by atoms with van der Waals surface area (Å²) < 4.78 is 24.1. The molecule has 0 radical (unpaired) electrons. The van der Waals surface area contributed by atoms with Crippen LogP contribution in [-0.2, 0) is 13.6 Å². The van der Waals surface area contributed by atoms with Gasteiger partial charge in [0.1, 0.15) is 0 Å². The molecular formula is C19H41O3P. The summed E-state index contributed by atoms with van der Waals surface area (Å²) in [6.45, 7) is 9.45. The van der Waals surface area contributed by atoms with Crippen molar-refractivity contribution in [2.24, 2.45) is 0 Å². The molecule has 0 aromatic heterocycles. The molecule has 0 aromatic rings. The molecule has 0 saturated carbocycles. The Morgan fingerprint density at radius 2 is 1.00 bits per heavy atom. The molecule has 0 heterocycles. The van der Waals surface area contributed by atoms with E-state index in [1.54, 1.807) is 0 Å². The van der Waals surface area contributed by atoms with Gasteiger partial charge in [-0.2, -0.15) is 0 Å². The third-order valence-electron chi connectivity index (χ3n) is 4.17. The molecule has 0 aliphatic heterocycles. The van der Waals surface area contributed by atoms with Crippen molar-refractivity contribution in [2.75, 3.05) is 13.2 Å². The lowest BCUT2D eigenvalue weighted by Crippen LogP contribution is -2.08. The van der Waals surface area contributed by atoms with E-state index in [1.165, 1.54) is 51.4 Å². The van der Waals surface area contributed by atoms with Crippen LogP contribution in [0.5, 0.6) is 0 Å². The highest BCUT2D eigenvalue weighted by Crippen LogP contribution is 2.53. The van der Waals surface area contributed by atoms with Crippen LogP contribution < -0.4 is 0 Å². The van der Waals surface area contributed by atoms with Gasteiger partial charge in [0.2, 0.25) is 0 Å². The van der Waals surface area contributed by atoms with Crippen molar-refractivity contribution in [2.45, 2.75) is 110 Å². The first-order valence-corrected chi connectivity index (χ1v) is 11.6. The van der Waals surface area contributed by atoms with Crippen LogP contribution in [0.25, 0.3) is 0 Å². The van der Waals surface area contributed by atoms with Crippen molar-refractivity contribution in [3.63, 3.8) is 0 Å². The summed E-state index contributed by atoms with van der Waals surface area (Å²) in [5, 5.41) is 0. The van der Waals surface area contributed by atoms with Crippen LogP contribution in [0, 0.1) is 0 Å². The van der Waals surface area contributed by atoms with E-state index in [1.807, 2.05) is 13.8 Å². The van der Waals surface area contributed by atoms with E-state index < -0.39 is 7.60 Å². The quantitative estimate of drug-likeness (QED) is 0.204. The molecule has 0 aromatic carbocycles. The molecule has 0 fully saturated rings. The Labute approximate surface area is 145 Å². The second-order valence-corrected chi connectivity index (χ2v) is 9.46. The Morgan fingerprint density at radius 1 is 0.652 bits per heavy atom. The zero-order valence-corrected chi connectivity index (χ0v) is 17.0. The van der Waals surface area contributed by atoms with Crippen molar-refractivity contribution < 1.29 is 13.6 Å². The highest BCUT2D eigenvalue weighted by Gasteiger charge is 2.28. The van der Waals surface area contributed by atoms with Crippen molar-refractivity contribution in [1.82, 2.24) is 0 Å². The number of unbranched alkanes of at least 4 members (excludes halogenated alkanes) is 10. The summed E-state index contributed by atoms with van der Waals surface area (Å²) in [4.78, 5) is 0. The summed E-state index contributed by atoms with van der Waals surface area (Å²) in [7, 11) is -2.91. The summed E-state index contributed by atoms with van der Waals surface area (Å²) in [6.07, 6.45) is 14.6. The average Bonchev–Trinajstić information content (AvgIpc) is 2.53. The maximum atomic E-state index is 12.7. The average molecular weight is 349 g/mol. The minimum absolute atomic E-state index is 0.0531. The van der Waals surface area contributed by atoms with Crippen molar-refractivity contribution in [1.29, 1.82) is 0 Å². The Balaban J connectivity index is 3.77. The molecule has 140 valence electrons. The van der Waals surface area contributed by atoms with Gasteiger partial charge in [0.25, 0.3) is 0 Å². The van der Waals surface area contributed by atoms with Crippen molar-refractivity contribution in [3.8, 4) is 0 Å². The standard InChI is InChI=1S/C19H41O3P/c1-5-7-9-11-13-15-17-21-23(20,19(3)4)22-18-16-14-12-10-8-6-2/h19H,5-18H2,1-4H3. The molecule has 0 saturated heterocycles. The van der Waals surface area contributed by atoms with Crippen LogP contribution in [-0.4, -0.2) is 18.9 Å². The minimum atomic E-state index is -2.91. The van der Waals surface area contributed by atoms with Gasteiger partial charge in [0, 0.05) is 0 Å². The molecular weight excluding hydrogens is 307 g/mol. The molecule has 0 N–H and O–H groups in total. The summed E-state index contributed by atoms with van der Waals surface area (Å²) in [5.41, 5.74) is -0.0531. The predicted octanol–water partition coefficient (Wildman–Crippen LogP) is 7.34. The Bertz CT molecular complexity index is 270. The van der Waals surface area contributed by atoms with E-state index in [4.69, 9.17) is 9.05 Å². The lowest BCUT2D eigenvalue weighted by atomic mass is 10.1. The molecule has 0 spiro atoms. The maximum absolute atomic E-state index is 12.7. The van der Waals surface area contributed by atoms with Gasteiger partial charge in [-0.1, -0.05) is 91.9 Å². The van der Waals surface area contributed by atoms with Crippen LogP contribution >= 0.6 is 7.60 Å². The summed E-state index contributed by atoms with van der Waals surface area (Å²) in [5.74, 6) is 0. The fourth-order valence-electron chi connectivity index (χ4n) is 2.48. The van der Waals surface area contributed by atoms with Gasteiger partial charge < -0.3 is 9.05 Å². The van der Waals surface area contributed by atoms with Gasteiger partial charge in [-0.3, -0.25) is 4.57 Å². The third-order valence-corrected chi connectivity index (χ3v) is 6.52. The highest BCUT2D eigenvalue weighted by atomic mass is 31.2. The topological polar surface area (TPSA) is 35.5 Å². The predicted molar refractivity (Wildman–Crippen MR) is 101 cm³/mol. The maximum Gasteiger partial charge on any atom is 0.333 e. The van der Waals surface area contributed by atoms with E-state index in [2.05, 4.69) is 13.8 Å². The van der Waals surface area contributed by atoms with Crippen LogP contribution in [0.3, 0.4) is 0 Å². The van der Waals surface area contributed by atoms with Crippen LogP contribution in [0.2, 0.25) is 0 Å². The monoisotopic (exact) mass is 348 g/mol. The van der Waals surface area contributed by atoms with Gasteiger partial charge in [0.15, 0.2) is 0 Å². The zero-order chi connectivity index (χ0) is 17.4. The molecule has 0 atom stereocenters. The smallest absolute Gasteiger partial charge is 0.308 e. The van der Waals surface area contributed by atoms with Gasteiger partial charge in [-0.15, -0.1) is 0 Å². The molecule has 4 heteroatoms. The second-order valence-electron chi connectivity index (χ2n) is 6.84. The second kappa shape index (κ2) is 15.7. The summed E-state index contributed by atoms with van der Waals surface area (Å²) >= 11 is 0. The first-order chi connectivity index (χ1) is 11.1. The third kappa shape index (κ3) is 13.2. The highest BCUT2D eigenvalue weighted by molar-refractivity contribution is 7.54. The fourth-order valence-corrected chi connectivity index (χ4v) is 3.92. The Morgan fingerprint density at radius 3 is 1.35 bits per heavy atom. The molecule has 3 nitrogen and oxygen atoms in total. The number of hydrogen-bond donors (Lipinski definition) is 0.